The van der Waals surface area contributed by atoms with Crippen LogP contribution in [0.4, 0.5) is 0 Å². The number of esters is 1. The van der Waals surface area contributed by atoms with Crippen molar-refractivity contribution in [3.05, 3.63) is 34.9 Å². The number of hydrogen-bond acceptors (Lipinski definition) is 3. The first kappa shape index (κ1) is 18.2. The summed E-state index contributed by atoms with van der Waals surface area (Å²) >= 11 is 5.98. The minimum Gasteiger partial charge on any atom is -0.455 e. The number of benzene rings is 1. The van der Waals surface area contributed by atoms with Crippen LogP contribution >= 0.6 is 11.6 Å². The molecule has 0 spiro atoms. The lowest BCUT2D eigenvalue weighted by molar-refractivity contribution is -0.158. The van der Waals surface area contributed by atoms with Gasteiger partial charge in [-0.2, -0.15) is 0 Å². The molecule has 1 heterocycles. The molecule has 0 unspecified atom stereocenters. The first-order valence-electron chi connectivity index (χ1n) is 9.26. The molecule has 1 amide bonds. The number of likely N-dealkylation sites (tertiary alicyclic amines) is 1. The van der Waals surface area contributed by atoms with E-state index in [2.05, 4.69) is 6.92 Å². The number of hydrogen-bond donors (Lipinski definition) is 0. The Balaban J connectivity index is 1.67. The van der Waals surface area contributed by atoms with Crippen molar-refractivity contribution in [2.45, 2.75) is 63.3 Å². The van der Waals surface area contributed by atoms with Crippen molar-refractivity contribution in [1.29, 1.82) is 0 Å². The lowest BCUT2D eigenvalue weighted by Crippen LogP contribution is -2.45. The molecule has 1 aliphatic heterocycles. The third kappa shape index (κ3) is 3.84. The number of piperidine rings is 1. The Morgan fingerprint density at radius 3 is 2.48 bits per heavy atom. The van der Waals surface area contributed by atoms with Gasteiger partial charge in [-0.15, -0.1) is 0 Å². The van der Waals surface area contributed by atoms with Crippen molar-refractivity contribution in [1.82, 2.24) is 4.90 Å². The van der Waals surface area contributed by atoms with E-state index in [0.717, 1.165) is 57.1 Å². The van der Waals surface area contributed by atoms with Crippen LogP contribution in [0.3, 0.4) is 0 Å². The van der Waals surface area contributed by atoms with Gasteiger partial charge >= 0.3 is 5.97 Å². The molecule has 0 bridgehead atoms. The van der Waals surface area contributed by atoms with Crippen LogP contribution < -0.4 is 0 Å². The standard InChI is InChI=1S/C20H26ClNO3/c1-15-6-2-5-13-22(15)18(23)14-25-19(24)20(11-3-4-12-20)16-7-9-17(21)10-8-16/h7-10,15H,2-6,11-14H2,1H3/t15-/m0/s1. The van der Waals surface area contributed by atoms with Gasteiger partial charge in [0.2, 0.25) is 0 Å². The molecule has 3 rings (SSSR count). The summed E-state index contributed by atoms with van der Waals surface area (Å²) in [7, 11) is 0. The zero-order valence-electron chi connectivity index (χ0n) is 14.8. The second kappa shape index (κ2) is 7.77. The van der Waals surface area contributed by atoms with Crippen LogP contribution in [0.2, 0.25) is 5.02 Å². The fourth-order valence-electron chi connectivity index (χ4n) is 4.18. The molecular formula is C20H26ClNO3. The minimum absolute atomic E-state index is 0.0789. The van der Waals surface area contributed by atoms with E-state index in [1.807, 2.05) is 29.2 Å². The van der Waals surface area contributed by atoms with Gasteiger partial charge in [-0.1, -0.05) is 36.6 Å². The van der Waals surface area contributed by atoms with Crippen molar-refractivity contribution in [3.8, 4) is 0 Å². The average molecular weight is 364 g/mol. The van der Waals surface area contributed by atoms with Crippen molar-refractivity contribution < 1.29 is 14.3 Å². The number of amides is 1. The van der Waals surface area contributed by atoms with Crippen LogP contribution in [0, 0.1) is 0 Å². The monoisotopic (exact) mass is 363 g/mol. The van der Waals surface area contributed by atoms with Gasteiger partial charge in [0.15, 0.2) is 6.61 Å². The molecule has 25 heavy (non-hydrogen) atoms. The molecule has 1 aromatic rings. The molecule has 1 saturated carbocycles. The number of ether oxygens (including phenoxy) is 1. The zero-order chi connectivity index (χ0) is 17.9. The van der Waals surface area contributed by atoms with Gasteiger partial charge < -0.3 is 9.64 Å². The molecule has 4 nitrogen and oxygen atoms in total. The highest BCUT2D eigenvalue weighted by Crippen LogP contribution is 2.42. The highest BCUT2D eigenvalue weighted by Gasteiger charge is 2.44. The van der Waals surface area contributed by atoms with E-state index in [1.54, 1.807) is 0 Å². The second-order valence-corrected chi connectivity index (χ2v) is 7.74. The summed E-state index contributed by atoms with van der Waals surface area (Å²) in [4.78, 5) is 27.2. The van der Waals surface area contributed by atoms with Crippen LogP contribution in [0.15, 0.2) is 24.3 Å². The summed E-state index contributed by atoms with van der Waals surface area (Å²) in [6.07, 6.45) is 6.73. The van der Waals surface area contributed by atoms with Gasteiger partial charge in [0.05, 0.1) is 5.41 Å². The van der Waals surface area contributed by atoms with Crippen molar-refractivity contribution in [2.24, 2.45) is 0 Å². The number of rotatable bonds is 4. The first-order chi connectivity index (χ1) is 12.0. The van der Waals surface area contributed by atoms with Crippen molar-refractivity contribution >= 4 is 23.5 Å². The average Bonchev–Trinajstić information content (AvgIpc) is 3.11. The van der Waals surface area contributed by atoms with E-state index in [9.17, 15) is 9.59 Å². The van der Waals surface area contributed by atoms with Gasteiger partial charge in [0.25, 0.3) is 5.91 Å². The van der Waals surface area contributed by atoms with Gasteiger partial charge in [-0.25, -0.2) is 0 Å². The van der Waals surface area contributed by atoms with E-state index >= 15 is 0 Å². The van der Waals surface area contributed by atoms with Crippen molar-refractivity contribution in [2.75, 3.05) is 13.2 Å². The largest absolute Gasteiger partial charge is 0.455 e. The van der Waals surface area contributed by atoms with Crippen LogP contribution in [-0.4, -0.2) is 36.0 Å². The third-order valence-electron chi connectivity index (χ3n) is 5.69. The molecule has 1 saturated heterocycles. The van der Waals surface area contributed by atoms with E-state index in [1.165, 1.54) is 0 Å². The van der Waals surface area contributed by atoms with Crippen molar-refractivity contribution in [3.63, 3.8) is 0 Å². The van der Waals surface area contributed by atoms with Gasteiger partial charge in [-0.05, 0) is 56.7 Å². The Morgan fingerprint density at radius 2 is 1.84 bits per heavy atom. The van der Waals surface area contributed by atoms with Crippen LogP contribution in [0.1, 0.15) is 57.4 Å². The lowest BCUT2D eigenvalue weighted by atomic mass is 9.79. The fraction of sp³-hybridized carbons (Fsp3) is 0.600. The smallest absolute Gasteiger partial charge is 0.317 e. The maximum atomic E-state index is 12.9. The SMILES string of the molecule is C[C@H]1CCCCN1C(=O)COC(=O)C1(c2ccc(Cl)cc2)CCCC1. The Labute approximate surface area is 154 Å². The topological polar surface area (TPSA) is 46.6 Å². The van der Waals surface area contributed by atoms with Crippen LogP contribution in [0.5, 0.6) is 0 Å². The quantitative estimate of drug-likeness (QED) is 0.757. The molecule has 0 radical (unpaired) electrons. The number of carbonyl (C=O) groups excluding carboxylic acids is 2. The predicted octanol–water partition coefficient (Wildman–Crippen LogP) is 4.10. The van der Waals surface area contributed by atoms with Crippen LogP contribution in [-0.2, 0) is 19.7 Å². The Morgan fingerprint density at radius 1 is 1.16 bits per heavy atom. The van der Waals surface area contributed by atoms with E-state index in [-0.39, 0.29) is 24.5 Å². The molecule has 136 valence electrons. The summed E-state index contributed by atoms with van der Waals surface area (Å²) in [6.45, 7) is 2.67. The molecule has 1 aliphatic carbocycles. The molecular weight excluding hydrogens is 338 g/mol. The van der Waals surface area contributed by atoms with Gasteiger partial charge in [-0.3, -0.25) is 9.59 Å². The maximum Gasteiger partial charge on any atom is 0.317 e. The van der Waals surface area contributed by atoms with E-state index in [4.69, 9.17) is 16.3 Å². The lowest BCUT2D eigenvalue weighted by Gasteiger charge is -2.34. The Bertz CT molecular complexity index is 622. The number of halogens is 1. The number of nitrogens with zero attached hydrogens (tertiary/aromatic N) is 1. The molecule has 1 atom stereocenters. The zero-order valence-corrected chi connectivity index (χ0v) is 15.6. The summed E-state index contributed by atoms with van der Waals surface area (Å²) in [5.74, 6) is -0.352. The van der Waals surface area contributed by atoms with Gasteiger partial charge in [0.1, 0.15) is 0 Å². The molecule has 5 heteroatoms. The maximum absolute atomic E-state index is 12.9. The summed E-state index contributed by atoms with van der Waals surface area (Å²) < 4.78 is 5.51. The summed E-state index contributed by atoms with van der Waals surface area (Å²) in [5, 5.41) is 0.652. The summed E-state index contributed by atoms with van der Waals surface area (Å²) in [5.41, 5.74) is 0.316. The van der Waals surface area contributed by atoms with E-state index in [0.29, 0.717) is 5.02 Å². The first-order valence-corrected chi connectivity index (χ1v) is 9.63. The molecule has 0 N–H and O–H groups in total. The number of carbonyl (C=O) groups is 2. The molecule has 2 fully saturated rings. The second-order valence-electron chi connectivity index (χ2n) is 7.30. The van der Waals surface area contributed by atoms with Crippen LogP contribution in [0.25, 0.3) is 0 Å². The fourth-order valence-corrected chi connectivity index (χ4v) is 4.30. The highest BCUT2D eigenvalue weighted by molar-refractivity contribution is 6.30. The molecule has 0 aromatic heterocycles. The van der Waals surface area contributed by atoms with E-state index < -0.39 is 5.41 Å². The Kier molecular flexibility index (Phi) is 5.67. The predicted molar refractivity (Wildman–Crippen MR) is 97.6 cm³/mol. The molecule has 2 aliphatic rings. The highest BCUT2D eigenvalue weighted by atomic mass is 35.5. The van der Waals surface area contributed by atoms with Gasteiger partial charge in [0, 0.05) is 17.6 Å². The normalized spacial score (nSPS) is 22.6. The summed E-state index contributed by atoms with van der Waals surface area (Å²) in [6, 6.07) is 7.67. The Hall–Kier alpha value is -1.55. The molecule has 1 aromatic carbocycles. The minimum atomic E-state index is -0.627. The third-order valence-corrected chi connectivity index (χ3v) is 5.95.